The van der Waals surface area contributed by atoms with E-state index in [1.807, 2.05) is 11.8 Å². The van der Waals surface area contributed by atoms with Gasteiger partial charge in [0.05, 0.1) is 5.56 Å². The summed E-state index contributed by atoms with van der Waals surface area (Å²) in [6.07, 6.45) is 0. The zero-order valence-electron chi connectivity index (χ0n) is 9.97. The molecule has 0 bridgehead atoms. The highest BCUT2D eigenvalue weighted by Gasteiger charge is 2.16. The number of benzene rings is 1. The van der Waals surface area contributed by atoms with E-state index in [4.69, 9.17) is 10.9 Å². The van der Waals surface area contributed by atoms with Crippen LogP contribution in [0.1, 0.15) is 11.1 Å². The molecule has 0 amide bonds. The van der Waals surface area contributed by atoms with Gasteiger partial charge in [-0.1, -0.05) is 17.3 Å². The number of hydrogen-bond donors (Lipinski definition) is 2. The van der Waals surface area contributed by atoms with Gasteiger partial charge in [-0.15, -0.1) is 0 Å². The van der Waals surface area contributed by atoms with Crippen LogP contribution in [0.5, 0.6) is 0 Å². The first-order valence-corrected chi connectivity index (χ1v) is 6.93. The molecule has 3 N–H and O–H groups in total. The summed E-state index contributed by atoms with van der Waals surface area (Å²) in [5.74, 6) is 1.58. The molecular formula is C12H16FN3OS. The Balaban J connectivity index is 2.17. The molecule has 1 aliphatic rings. The van der Waals surface area contributed by atoms with Gasteiger partial charge in [-0.2, -0.15) is 11.8 Å². The topological polar surface area (TPSA) is 61.9 Å². The summed E-state index contributed by atoms with van der Waals surface area (Å²) in [5.41, 5.74) is 6.18. The van der Waals surface area contributed by atoms with E-state index < -0.39 is 5.82 Å². The van der Waals surface area contributed by atoms with Crippen LogP contribution < -0.4 is 5.73 Å². The minimum absolute atomic E-state index is 0.154. The monoisotopic (exact) mass is 269 g/mol. The number of amidine groups is 1. The van der Waals surface area contributed by atoms with Gasteiger partial charge in [-0.3, -0.25) is 4.90 Å². The molecule has 98 valence electrons. The van der Waals surface area contributed by atoms with E-state index >= 15 is 0 Å². The van der Waals surface area contributed by atoms with E-state index in [2.05, 4.69) is 10.1 Å². The fourth-order valence-electron chi connectivity index (χ4n) is 1.95. The van der Waals surface area contributed by atoms with Crippen LogP contribution >= 0.6 is 11.8 Å². The van der Waals surface area contributed by atoms with Crippen molar-refractivity contribution in [3.63, 3.8) is 0 Å². The lowest BCUT2D eigenvalue weighted by Gasteiger charge is -2.26. The molecule has 1 aliphatic heterocycles. The second-order valence-corrected chi connectivity index (χ2v) is 5.38. The molecule has 0 radical (unpaired) electrons. The van der Waals surface area contributed by atoms with Crippen molar-refractivity contribution >= 4 is 17.6 Å². The highest BCUT2D eigenvalue weighted by Crippen LogP contribution is 2.17. The number of oxime groups is 1. The molecule has 0 unspecified atom stereocenters. The lowest BCUT2D eigenvalue weighted by atomic mass is 10.1. The lowest BCUT2D eigenvalue weighted by Crippen LogP contribution is -2.32. The number of nitrogens with two attached hydrogens (primary N) is 1. The van der Waals surface area contributed by atoms with Crippen molar-refractivity contribution in [2.24, 2.45) is 10.9 Å². The van der Waals surface area contributed by atoms with Crippen LogP contribution in [0.15, 0.2) is 23.4 Å². The van der Waals surface area contributed by atoms with Gasteiger partial charge in [-0.25, -0.2) is 4.39 Å². The smallest absolute Gasteiger partial charge is 0.173 e. The van der Waals surface area contributed by atoms with E-state index in [9.17, 15) is 4.39 Å². The fourth-order valence-corrected chi connectivity index (χ4v) is 2.93. The van der Waals surface area contributed by atoms with Gasteiger partial charge in [-0.05, 0) is 6.07 Å². The van der Waals surface area contributed by atoms with Gasteiger partial charge in [0.25, 0.3) is 0 Å². The number of rotatable bonds is 3. The highest BCUT2D eigenvalue weighted by molar-refractivity contribution is 7.99. The SMILES string of the molecule is N/C(=N/O)c1cccc(CN2CCSCC2)c1F. The van der Waals surface area contributed by atoms with E-state index in [0.717, 1.165) is 24.6 Å². The molecule has 1 aromatic rings. The van der Waals surface area contributed by atoms with Crippen LogP contribution in [0.4, 0.5) is 4.39 Å². The van der Waals surface area contributed by atoms with Gasteiger partial charge >= 0.3 is 0 Å². The Bertz CT molecular complexity index is 447. The van der Waals surface area contributed by atoms with Crippen LogP contribution in [-0.2, 0) is 6.54 Å². The zero-order valence-corrected chi connectivity index (χ0v) is 10.8. The Labute approximate surface area is 110 Å². The average molecular weight is 269 g/mol. The Morgan fingerprint density at radius 1 is 1.44 bits per heavy atom. The minimum Gasteiger partial charge on any atom is -0.409 e. The third-order valence-electron chi connectivity index (χ3n) is 2.96. The molecule has 1 saturated heterocycles. The van der Waals surface area contributed by atoms with E-state index in [1.165, 1.54) is 6.07 Å². The van der Waals surface area contributed by atoms with Crippen LogP contribution in [0.3, 0.4) is 0 Å². The highest BCUT2D eigenvalue weighted by atomic mass is 32.2. The molecule has 2 rings (SSSR count). The van der Waals surface area contributed by atoms with Crippen molar-refractivity contribution in [3.05, 3.63) is 35.1 Å². The van der Waals surface area contributed by atoms with Crippen LogP contribution in [0, 0.1) is 5.82 Å². The van der Waals surface area contributed by atoms with Gasteiger partial charge in [0.15, 0.2) is 5.84 Å². The predicted molar refractivity (Wildman–Crippen MR) is 71.5 cm³/mol. The average Bonchev–Trinajstić information content (AvgIpc) is 2.41. The van der Waals surface area contributed by atoms with E-state index in [-0.39, 0.29) is 11.4 Å². The quantitative estimate of drug-likeness (QED) is 0.377. The first-order valence-electron chi connectivity index (χ1n) is 5.77. The molecule has 1 heterocycles. The molecule has 0 aromatic heterocycles. The maximum atomic E-state index is 14.2. The Morgan fingerprint density at radius 3 is 2.83 bits per heavy atom. The molecule has 1 fully saturated rings. The minimum atomic E-state index is -0.397. The molecule has 0 atom stereocenters. The van der Waals surface area contributed by atoms with E-state index in [1.54, 1.807) is 12.1 Å². The Morgan fingerprint density at radius 2 is 2.17 bits per heavy atom. The second-order valence-electron chi connectivity index (χ2n) is 4.15. The first-order chi connectivity index (χ1) is 8.72. The molecule has 1 aromatic carbocycles. The normalized spacial score (nSPS) is 17.9. The summed E-state index contributed by atoms with van der Waals surface area (Å²) >= 11 is 1.92. The summed E-state index contributed by atoms with van der Waals surface area (Å²) < 4.78 is 14.2. The summed E-state index contributed by atoms with van der Waals surface area (Å²) in [6.45, 7) is 2.51. The summed E-state index contributed by atoms with van der Waals surface area (Å²) in [7, 11) is 0. The Kier molecular flexibility index (Phi) is 4.43. The third kappa shape index (κ3) is 2.94. The molecular weight excluding hydrogens is 253 g/mol. The number of hydrogen-bond acceptors (Lipinski definition) is 4. The number of nitrogens with zero attached hydrogens (tertiary/aromatic N) is 2. The van der Waals surface area contributed by atoms with E-state index in [0.29, 0.717) is 12.1 Å². The van der Waals surface area contributed by atoms with Gasteiger partial charge in [0.2, 0.25) is 0 Å². The van der Waals surface area contributed by atoms with Gasteiger partial charge < -0.3 is 10.9 Å². The van der Waals surface area contributed by atoms with Crippen molar-refractivity contribution in [3.8, 4) is 0 Å². The van der Waals surface area contributed by atoms with Gasteiger partial charge in [0.1, 0.15) is 5.82 Å². The molecule has 4 nitrogen and oxygen atoms in total. The van der Waals surface area contributed by atoms with Crippen molar-refractivity contribution in [2.45, 2.75) is 6.54 Å². The predicted octanol–water partition coefficient (Wildman–Crippen LogP) is 1.47. The second kappa shape index (κ2) is 6.06. The molecule has 6 heteroatoms. The maximum Gasteiger partial charge on any atom is 0.173 e. The van der Waals surface area contributed by atoms with Crippen LogP contribution in [-0.4, -0.2) is 40.5 Å². The molecule has 0 spiro atoms. The fraction of sp³-hybridized carbons (Fsp3) is 0.417. The largest absolute Gasteiger partial charge is 0.409 e. The van der Waals surface area contributed by atoms with Gasteiger partial charge in [0, 0.05) is 36.7 Å². The lowest BCUT2D eigenvalue weighted by molar-refractivity contribution is 0.290. The molecule has 18 heavy (non-hydrogen) atoms. The number of thioether (sulfide) groups is 1. The Hall–Kier alpha value is -1.27. The summed E-state index contributed by atoms with van der Waals surface area (Å²) in [6, 6.07) is 4.98. The maximum absolute atomic E-state index is 14.2. The van der Waals surface area contributed by atoms with Crippen molar-refractivity contribution in [1.29, 1.82) is 0 Å². The van der Waals surface area contributed by atoms with Crippen molar-refractivity contribution in [1.82, 2.24) is 4.90 Å². The van der Waals surface area contributed by atoms with Crippen LogP contribution in [0.25, 0.3) is 0 Å². The first kappa shape index (κ1) is 13.2. The van der Waals surface area contributed by atoms with Crippen molar-refractivity contribution in [2.75, 3.05) is 24.6 Å². The third-order valence-corrected chi connectivity index (χ3v) is 3.90. The molecule has 0 saturated carbocycles. The number of halogens is 1. The van der Waals surface area contributed by atoms with Crippen LogP contribution in [0.2, 0.25) is 0 Å². The zero-order chi connectivity index (χ0) is 13.0. The van der Waals surface area contributed by atoms with Crippen molar-refractivity contribution < 1.29 is 9.60 Å². The summed E-state index contributed by atoms with van der Waals surface area (Å²) in [4.78, 5) is 2.21. The molecule has 0 aliphatic carbocycles. The standard InChI is InChI=1S/C12H16FN3OS/c13-11-9(8-16-4-6-18-7-5-16)2-1-3-10(11)12(14)15-17/h1-3,17H,4-8H2,(H2,14,15). The summed E-state index contributed by atoms with van der Waals surface area (Å²) in [5, 5.41) is 11.5.